The van der Waals surface area contributed by atoms with Gasteiger partial charge in [0.1, 0.15) is 29.7 Å². The van der Waals surface area contributed by atoms with Crippen LogP contribution in [0.15, 0.2) is 47.4 Å². The average molecular weight is 432 g/mol. The number of nitrogens with zero attached hydrogens (tertiary/aromatic N) is 2. The number of benzene rings is 2. The van der Waals surface area contributed by atoms with Gasteiger partial charge in [-0.25, -0.2) is 17.6 Å². The summed E-state index contributed by atoms with van der Waals surface area (Å²) in [5.74, 6) is -1.16. The molecule has 2 aromatic carbocycles. The number of carbonyl (C=O) groups is 1. The van der Waals surface area contributed by atoms with Crippen molar-refractivity contribution in [2.24, 2.45) is 0 Å². The van der Waals surface area contributed by atoms with Crippen molar-refractivity contribution in [1.82, 2.24) is 4.31 Å². The Morgan fingerprint density at radius 3 is 2.43 bits per heavy atom. The van der Waals surface area contributed by atoms with E-state index in [0.717, 1.165) is 31.4 Å². The molecule has 1 saturated heterocycles. The zero-order chi connectivity index (χ0) is 21.6. The number of carbonyl (C=O) groups excluding carboxylic acids is 1. The number of hydrogen-bond donors (Lipinski definition) is 0. The smallest absolute Gasteiger partial charge is 0.338 e. The van der Waals surface area contributed by atoms with Crippen LogP contribution < -0.4 is 4.74 Å². The van der Waals surface area contributed by atoms with Crippen LogP contribution in [-0.4, -0.2) is 45.0 Å². The first-order valence-corrected chi connectivity index (χ1v) is 11.0. The summed E-state index contributed by atoms with van der Waals surface area (Å²) in [5.41, 5.74) is 0.450. The van der Waals surface area contributed by atoms with Gasteiger partial charge in [0, 0.05) is 13.1 Å². The fraction of sp³-hybridized carbons (Fsp3) is 0.333. The molecule has 0 unspecified atom stereocenters. The lowest BCUT2D eigenvalue weighted by Gasteiger charge is -2.26. The lowest BCUT2D eigenvalue weighted by molar-refractivity contribution is 0.0450. The maximum Gasteiger partial charge on any atom is 0.338 e. The highest BCUT2D eigenvalue weighted by Gasteiger charge is 2.29. The molecule has 0 saturated carbocycles. The number of halogens is 1. The zero-order valence-corrected chi connectivity index (χ0v) is 17.0. The number of piperidine rings is 1. The average Bonchev–Trinajstić information content (AvgIpc) is 2.77. The molecule has 1 aliphatic heterocycles. The van der Waals surface area contributed by atoms with Gasteiger partial charge in [-0.3, -0.25) is 0 Å². The maximum atomic E-state index is 14.2. The Labute approximate surface area is 174 Å². The number of hydrogen-bond acceptors (Lipinski definition) is 6. The fourth-order valence-corrected chi connectivity index (χ4v) is 4.68. The topological polar surface area (TPSA) is 96.7 Å². The van der Waals surface area contributed by atoms with E-state index in [1.54, 1.807) is 24.3 Å². The highest BCUT2D eigenvalue weighted by atomic mass is 32.2. The maximum absolute atomic E-state index is 14.2. The molecule has 1 fully saturated rings. The summed E-state index contributed by atoms with van der Waals surface area (Å²) in [7, 11) is -4.01. The summed E-state index contributed by atoms with van der Waals surface area (Å²) in [6, 6.07) is 11.6. The standard InChI is InChI=1S/C21H21FN2O5S/c22-19-9-6-17(14-20(19)30(26,27)24-10-2-1-3-11-24)21(25)29-13-12-28-18-7-4-16(15-23)5-8-18/h4-9,14H,1-3,10-13H2. The largest absolute Gasteiger partial charge is 0.490 e. The molecule has 1 aliphatic rings. The van der Waals surface area contributed by atoms with Crippen molar-refractivity contribution in [1.29, 1.82) is 5.26 Å². The molecule has 9 heteroatoms. The number of sulfonamides is 1. The molecule has 0 radical (unpaired) electrons. The number of esters is 1. The molecule has 0 amide bonds. The number of nitriles is 1. The van der Waals surface area contributed by atoms with Gasteiger partial charge in [0.25, 0.3) is 0 Å². The predicted octanol–water partition coefficient (Wildman–Crippen LogP) is 3.11. The Hall–Kier alpha value is -2.96. The van der Waals surface area contributed by atoms with Crippen LogP contribution in [0.5, 0.6) is 5.75 Å². The second-order valence-corrected chi connectivity index (χ2v) is 8.64. The molecule has 0 bridgehead atoms. The van der Waals surface area contributed by atoms with Crippen molar-refractivity contribution >= 4 is 16.0 Å². The Morgan fingerprint density at radius 1 is 1.07 bits per heavy atom. The predicted molar refractivity (Wildman–Crippen MR) is 106 cm³/mol. The minimum absolute atomic E-state index is 0.0506. The molecule has 3 rings (SSSR count). The molecule has 0 spiro atoms. The third-order valence-corrected chi connectivity index (χ3v) is 6.58. The fourth-order valence-electron chi connectivity index (χ4n) is 3.08. The van der Waals surface area contributed by atoms with Crippen molar-refractivity contribution in [3.63, 3.8) is 0 Å². The van der Waals surface area contributed by atoms with Crippen LogP contribution >= 0.6 is 0 Å². The summed E-state index contributed by atoms with van der Waals surface area (Å²) in [6.07, 6.45) is 2.38. The first-order valence-electron chi connectivity index (χ1n) is 9.51. The molecular formula is C21H21FN2O5S. The van der Waals surface area contributed by atoms with Gasteiger partial charge >= 0.3 is 5.97 Å². The van der Waals surface area contributed by atoms with Crippen molar-refractivity contribution in [2.45, 2.75) is 24.2 Å². The quantitative estimate of drug-likeness (QED) is 0.493. The highest BCUT2D eigenvalue weighted by Crippen LogP contribution is 2.24. The summed E-state index contributed by atoms with van der Waals surface area (Å²) in [5, 5.41) is 8.76. The van der Waals surface area contributed by atoms with Crippen LogP contribution in [0.2, 0.25) is 0 Å². The van der Waals surface area contributed by atoms with E-state index < -0.39 is 26.7 Å². The Kier molecular flexibility index (Phi) is 7.03. The molecule has 0 N–H and O–H groups in total. The van der Waals surface area contributed by atoms with E-state index in [1.165, 1.54) is 10.4 Å². The Balaban J connectivity index is 1.60. The Morgan fingerprint density at radius 2 is 1.77 bits per heavy atom. The van der Waals surface area contributed by atoms with Crippen molar-refractivity contribution in [2.75, 3.05) is 26.3 Å². The van der Waals surface area contributed by atoms with Crippen LogP contribution in [0.1, 0.15) is 35.2 Å². The third kappa shape index (κ3) is 5.14. The molecule has 0 aromatic heterocycles. The van der Waals surface area contributed by atoms with Gasteiger partial charge in [-0.2, -0.15) is 9.57 Å². The van der Waals surface area contributed by atoms with E-state index in [2.05, 4.69) is 0 Å². The van der Waals surface area contributed by atoms with Gasteiger partial charge in [-0.05, 0) is 55.3 Å². The van der Waals surface area contributed by atoms with Gasteiger partial charge in [0.2, 0.25) is 10.0 Å². The van der Waals surface area contributed by atoms with E-state index in [4.69, 9.17) is 14.7 Å². The van der Waals surface area contributed by atoms with Crippen LogP contribution in [0.25, 0.3) is 0 Å². The van der Waals surface area contributed by atoms with Crippen molar-refractivity contribution < 1.29 is 27.1 Å². The minimum atomic E-state index is -4.01. The van der Waals surface area contributed by atoms with E-state index in [-0.39, 0.29) is 18.8 Å². The Bertz CT molecular complexity index is 1040. The van der Waals surface area contributed by atoms with Crippen molar-refractivity contribution in [3.8, 4) is 11.8 Å². The van der Waals surface area contributed by atoms with Gasteiger partial charge in [0.05, 0.1) is 17.2 Å². The van der Waals surface area contributed by atoms with Crippen molar-refractivity contribution in [3.05, 3.63) is 59.4 Å². The van der Waals surface area contributed by atoms with Gasteiger partial charge in [-0.1, -0.05) is 6.42 Å². The number of rotatable bonds is 7. The highest BCUT2D eigenvalue weighted by molar-refractivity contribution is 7.89. The third-order valence-electron chi connectivity index (χ3n) is 4.67. The van der Waals surface area contributed by atoms with Gasteiger partial charge in [-0.15, -0.1) is 0 Å². The van der Waals surface area contributed by atoms with Crippen LogP contribution in [0.3, 0.4) is 0 Å². The summed E-state index contributed by atoms with van der Waals surface area (Å²) < 4.78 is 51.5. The molecule has 30 heavy (non-hydrogen) atoms. The molecular weight excluding hydrogens is 411 g/mol. The summed E-state index contributed by atoms with van der Waals surface area (Å²) in [6.45, 7) is 0.661. The first kappa shape index (κ1) is 21.7. The monoisotopic (exact) mass is 432 g/mol. The molecule has 2 aromatic rings. The molecule has 0 atom stereocenters. The first-order chi connectivity index (χ1) is 14.4. The van der Waals surface area contributed by atoms with E-state index >= 15 is 0 Å². The van der Waals surface area contributed by atoms with Gasteiger partial charge in [0.15, 0.2) is 0 Å². The molecule has 0 aliphatic carbocycles. The summed E-state index contributed by atoms with van der Waals surface area (Å²) >= 11 is 0. The normalized spacial score (nSPS) is 14.7. The van der Waals surface area contributed by atoms with E-state index in [9.17, 15) is 17.6 Å². The number of ether oxygens (including phenoxy) is 2. The van der Waals surface area contributed by atoms with Crippen LogP contribution in [-0.2, 0) is 14.8 Å². The zero-order valence-electron chi connectivity index (χ0n) is 16.2. The van der Waals surface area contributed by atoms with Crippen LogP contribution in [0.4, 0.5) is 4.39 Å². The SMILES string of the molecule is N#Cc1ccc(OCCOC(=O)c2ccc(F)c(S(=O)(=O)N3CCCCC3)c2)cc1. The molecule has 7 nitrogen and oxygen atoms in total. The lowest BCUT2D eigenvalue weighted by Crippen LogP contribution is -2.36. The second kappa shape index (κ2) is 9.69. The van der Waals surface area contributed by atoms with E-state index in [1.807, 2.05) is 6.07 Å². The molecule has 158 valence electrons. The minimum Gasteiger partial charge on any atom is -0.490 e. The van der Waals surface area contributed by atoms with Crippen LogP contribution in [0, 0.1) is 17.1 Å². The summed E-state index contributed by atoms with van der Waals surface area (Å²) in [4.78, 5) is 11.7. The van der Waals surface area contributed by atoms with E-state index in [0.29, 0.717) is 24.4 Å². The van der Waals surface area contributed by atoms with Gasteiger partial charge < -0.3 is 9.47 Å². The second-order valence-electron chi connectivity index (χ2n) is 6.73. The molecule has 1 heterocycles. The lowest BCUT2D eigenvalue weighted by atomic mass is 10.2.